The van der Waals surface area contributed by atoms with E-state index in [0.29, 0.717) is 50.6 Å². The van der Waals surface area contributed by atoms with Gasteiger partial charge in [-0.05, 0) is 48.0 Å². The van der Waals surface area contributed by atoms with Gasteiger partial charge in [0, 0.05) is 23.5 Å². The minimum Gasteiger partial charge on any atom is -0.493 e. The largest absolute Gasteiger partial charge is 0.493 e. The van der Waals surface area contributed by atoms with Gasteiger partial charge in [-0.2, -0.15) is 0 Å². The zero-order valence-corrected chi connectivity index (χ0v) is 21.6. The summed E-state index contributed by atoms with van der Waals surface area (Å²) in [5.74, 6) is 1.14. The van der Waals surface area contributed by atoms with Crippen LogP contribution in [-0.2, 0) is 11.3 Å². The van der Waals surface area contributed by atoms with E-state index in [1.165, 1.54) is 26.6 Å². The summed E-state index contributed by atoms with van der Waals surface area (Å²) in [6.07, 6.45) is 4.50. The first-order valence-corrected chi connectivity index (χ1v) is 12.0. The van der Waals surface area contributed by atoms with Crippen LogP contribution in [0.1, 0.15) is 27.0 Å². The molecule has 0 unspecified atom stereocenters. The van der Waals surface area contributed by atoms with Crippen molar-refractivity contribution in [1.29, 1.82) is 0 Å². The highest BCUT2D eigenvalue weighted by Gasteiger charge is 2.17. The number of carbonyl (C=O) groups excluding carboxylic acids is 1. The summed E-state index contributed by atoms with van der Waals surface area (Å²) < 4.78 is 22.5. The van der Waals surface area contributed by atoms with E-state index in [-0.39, 0.29) is 5.76 Å². The van der Waals surface area contributed by atoms with Gasteiger partial charge in [-0.15, -0.1) is 0 Å². The lowest BCUT2D eigenvalue weighted by molar-refractivity contribution is 0.0693. The molecular weight excluding hydrogens is 513 g/mol. The molecule has 1 heterocycles. The maximum atomic E-state index is 13.2. The predicted molar refractivity (Wildman–Crippen MR) is 144 cm³/mol. The molecule has 0 N–H and O–H groups in total. The molecule has 37 heavy (non-hydrogen) atoms. The van der Waals surface area contributed by atoms with Gasteiger partial charge in [0.25, 0.3) is 0 Å². The molecule has 8 heteroatoms. The zero-order chi connectivity index (χ0) is 26.2. The number of benzene rings is 3. The average Bonchev–Trinajstić information content (AvgIpc) is 2.93. The molecule has 4 aromatic rings. The first-order chi connectivity index (χ1) is 18.0. The standard InChI is InChI=1S/C29H23Cl2NO5/c1-34-26-12-11-20(14-28(26)35-2)27(15-23-24(30)16-32-17-25(23)31)37-29(33)21-9-6-10-22(13-21)36-18-19-7-4-3-5-8-19/h3-17H,18H2,1-2H3. The van der Waals surface area contributed by atoms with Gasteiger partial charge in [0.15, 0.2) is 11.5 Å². The van der Waals surface area contributed by atoms with Crippen LogP contribution in [0, 0.1) is 0 Å². The van der Waals surface area contributed by atoms with Crippen LogP contribution in [0.25, 0.3) is 11.8 Å². The number of methoxy groups -OCH3 is 2. The number of pyridine rings is 1. The first kappa shape index (κ1) is 26.1. The molecule has 0 amide bonds. The quantitative estimate of drug-likeness (QED) is 0.165. The molecule has 0 saturated carbocycles. The third-order valence-corrected chi connectivity index (χ3v) is 5.96. The number of hydrogen-bond donors (Lipinski definition) is 0. The molecule has 0 atom stereocenters. The van der Waals surface area contributed by atoms with E-state index < -0.39 is 5.97 Å². The number of aromatic nitrogens is 1. The minimum absolute atomic E-state index is 0.205. The van der Waals surface area contributed by atoms with Crippen LogP contribution < -0.4 is 14.2 Å². The fourth-order valence-electron chi connectivity index (χ4n) is 3.46. The van der Waals surface area contributed by atoms with Gasteiger partial charge in [-0.3, -0.25) is 4.98 Å². The Kier molecular flexibility index (Phi) is 8.67. The van der Waals surface area contributed by atoms with E-state index in [1.54, 1.807) is 48.5 Å². The Balaban J connectivity index is 1.65. The van der Waals surface area contributed by atoms with Crippen LogP contribution in [0.3, 0.4) is 0 Å². The van der Waals surface area contributed by atoms with Crippen molar-refractivity contribution in [3.63, 3.8) is 0 Å². The van der Waals surface area contributed by atoms with Gasteiger partial charge < -0.3 is 18.9 Å². The highest BCUT2D eigenvalue weighted by Crippen LogP contribution is 2.34. The van der Waals surface area contributed by atoms with Gasteiger partial charge in [-0.25, -0.2) is 4.79 Å². The molecule has 0 bridgehead atoms. The van der Waals surface area contributed by atoms with E-state index >= 15 is 0 Å². The smallest absolute Gasteiger partial charge is 0.343 e. The van der Waals surface area contributed by atoms with Crippen molar-refractivity contribution < 1.29 is 23.7 Å². The number of hydrogen-bond acceptors (Lipinski definition) is 6. The Morgan fingerprint density at radius 3 is 2.27 bits per heavy atom. The lowest BCUT2D eigenvalue weighted by Crippen LogP contribution is -2.06. The van der Waals surface area contributed by atoms with E-state index in [0.717, 1.165) is 5.56 Å². The van der Waals surface area contributed by atoms with Crippen molar-refractivity contribution in [2.45, 2.75) is 6.61 Å². The molecule has 4 rings (SSSR count). The fourth-order valence-corrected chi connectivity index (χ4v) is 3.94. The Labute approximate surface area is 225 Å². The summed E-state index contributed by atoms with van der Waals surface area (Å²) in [6, 6.07) is 21.7. The number of rotatable bonds is 9. The summed E-state index contributed by atoms with van der Waals surface area (Å²) in [5.41, 5.74) is 2.33. The van der Waals surface area contributed by atoms with Crippen molar-refractivity contribution >= 4 is 41.0 Å². The first-order valence-electron chi connectivity index (χ1n) is 11.2. The van der Waals surface area contributed by atoms with E-state index in [4.69, 9.17) is 42.1 Å². The maximum Gasteiger partial charge on any atom is 0.343 e. The van der Waals surface area contributed by atoms with Gasteiger partial charge >= 0.3 is 5.97 Å². The SMILES string of the molecule is COc1ccc(C(=Cc2c(Cl)cncc2Cl)OC(=O)c2cccc(OCc3ccccc3)c2)cc1OC. The van der Waals surface area contributed by atoms with Gasteiger partial charge in [0.1, 0.15) is 18.1 Å². The summed E-state index contributed by atoms with van der Waals surface area (Å²) in [5, 5.41) is 0.607. The van der Waals surface area contributed by atoms with Crippen molar-refractivity contribution in [3.8, 4) is 17.2 Å². The molecule has 0 aliphatic carbocycles. The van der Waals surface area contributed by atoms with E-state index in [2.05, 4.69) is 4.98 Å². The van der Waals surface area contributed by atoms with Crippen LogP contribution in [0.2, 0.25) is 10.0 Å². The lowest BCUT2D eigenvalue weighted by Gasteiger charge is -2.14. The molecule has 0 fully saturated rings. The molecule has 0 spiro atoms. The normalized spacial score (nSPS) is 11.1. The Bertz CT molecular complexity index is 1400. The summed E-state index contributed by atoms with van der Waals surface area (Å²) in [7, 11) is 3.06. The Morgan fingerprint density at radius 2 is 1.57 bits per heavy atom. The molecular formula is C29H23Cl2NO5. The number of carbonyl (C=O) groups is 1. The molecule has 3 aromatic carbocycles. The molecule has 1 aromatic heterocycles. The molecule has 188 valence electrons. The Hall–Kier alpha value is -4.00. The maximum absolute atomic E-state index is 13.2. The van der Waals surface area contributed by atoms with Crippen molar-refractivity contribution in [1.82, 2.24) is 4.98 Å². The summed E-state index contributed by atoms with van der Waals surface area (Å²) in [4.78, 5) is 17.2. The highest BCUT2D eigenvalue weighted by molar-refractivity contribution is 6.37. The second kappa shape index (κ2) is 12.3. The van der Waals surface area contributed by atoms with Crippen LogP contribution >= 0.6 is 23.2 Å². The number of nitrogens with zero attached hydrogens (tertiary/aromatic N) is 1. The van der Waals surface area contributed by atoms with Gasteiger partial charge in [-0.1, -0.05) is 59.6 Å². The minimum atomic E-state index is -0.590. The van der Waals surface area contributed by atoms with E-state index in [1.807, 2.05) is 30.3 Å². The monoisotopic (exact) mass is 535 g/mol. The van der Waals surface area contributed by atoms with Gasteiger partial charge in [0.2, 0.25) is 0 Å². The molecule has 6 nitrogen and oxygen atoms in total. The molecule has 0 aliphatic heterocycles. The zero-order valence-electron chi connectivity index (χ0n) is 20.1. The van der Waals surface area contributed by atoms with Crippen LogP contribution in [-0.4, -0.2) is 25.2 Å². The third kappa shape index (κ3) is 6.61. The second-order valence-corrected chi connectivity index (χ2v) is 8.60. The lowest BCUT2D eigenvalue weighted by atomic mass is 10.1. The van der Waals surface area contributed by atoms with E-state index in [9.17, 15) is 4.79 Å². The Morgan fingerprint density at radius 1 is 0.838 bits per heavy atom. The third-order valence-electron chi connectivity index (χ3n) is 5.35. The molecule has 0 radical (unpaired) electrons. The highest BCUT2D eigenvalue weighted by atomic mass is 35.5. The predicted octanol–water partition coefficient (Wildman–Crippen LogP) is 7.34. The van der Waals surface area contributed by atoms with Crippen molar-refractivity contribution in [2.75, 3.05) is 14.2 Å². The van der Waals surface area contributed by atoms with Crippen LogP contribution in [0.5, 0.6) is 17.2 Å². The topological polar surface area (TPSA) is 66.9 Å². The summed E-state index contributed by atoms with van der Waals surface area (Å²) >= 11 is 12.7. The fraction of sp³-hybridized carbons (Fsp3) is 0.103. The average molecular weight is 536 g/mol. The van der Waals surface area contributed by atoms with Crippen molar-refractivity contribution in [3.05, 3.63) is 117 Å². The number of halogens is 2. The number of esters is 1. The number of ether oxygens (including phenoxy) is 4. The van der Waals surface area contributed by atoms with Gasteiger partial charge in [0.05, 0.1) is 29.8 Å². The second-order valence-electron chi connectivity index (χ2n) is 7.79. The molecule has 0 saturated heterocycles. The van der Waals surface area contributed by atoms with Crippen LogP contribution in [0.15, 0.2) is 85.2 Å². The van der Waals surface area contributed by atoms with Crippen LogP contribution in [0.4, 0.5) is 0 Å². The summed E-state index contributed by atoms with van der Waals surface area (Å²) in [6.45, 7) is 0.370. The molecule has 0 aliphatic rings. The van der Waals surface area contributed by atoms with Crippen molar-refractivity contribution in [2.24, 2.45) is 0 Å².